The van der Waals surface area contributed by atoms with E-state index in [1.54, 1.807) is 32.3 Å². The summed E-state index contributed by atoms with van der Waals surface area (Å²) in [7, 11) is 1.66. The molecule has 0 spiro atoms. The number of carbonyl (C=O) groups is 1. The normalized spacial score (nSPS) is 19.0. The molecule has 0 bridgehead atoms. The molecule has 23 heavy (non-hydrogen) atoms. The number of pyridine rings is 1. The van der Waals surface area contributed by atoms with Crippen molar-refractivity contribution in [1.82, 2.24) is 4.57 Å². The van der Waals surface area contributed by atoms with E-state index in [2.05, 4.69) is 11.4 Å². The maximum atomic E-state index is 12.4. The van der Waals surface area contributed by atoms with Gasteiger partial charge in [-0.05, 0) is 48.6 Å². The Labute approximate surface area is 134 Å². The predicted molar refractivity (Wildman–Crippen MR) is 87.1 cm³/mol. The van der Waals surface area contributed by atoms with E-state index < -0.39 is 0 Å². The number of benzene rings is 1. The quantitative estimate of drug-likeness (QED) is 0.945. The molecule has 1 aliphatic carbocycles. The second-order valence-corrected chi connectivity index (χ2v) is 5.97. The molecule has 1 N–H and O–H groups in total. The van der Waals surface area contributed by atoms with E-state index in [9.17, 15) is 9.59 Å². The number of aromatic nitrogens is 1. The molecule has 2 atom stereocenters. The molecule has 0 radical (unpaired) electrons. The smallest absolute Gasteiger partial charge is 0.274 e. The number of hydrogen-bond acceptors (Lipinski definition) is 3. The molecule has 1 saturated carbocycles. The minimum Gasteiger partial charge on any atom is -0.321 e. The van der Waals surface area contributed by atoms with Crippen LogP contribution in [0.15, 0.2) is 41.3 Å². The van der Waals surface area contributed by atoms with Gasteiger partial charge in [0, 0.05) is 19.2 Å². The van der Waals surface area contributed by atoms with Crippen LogP contribution in [-0.4, -0.2) is 10.5 Å². The highest BCUT2D eigenvalue weighted by Gasteiger charge is 2.44. The van der Waals surface area contributed by atoms with E-state index >= 15 is 0 Å². The number of carbonyl (C=O) groups excluding carboxylic acids is 1. The van der Waals surface area contributed by atoms with Crippen LogP contribution in [0.5, 0.6) is 0 Å². The summed E-state index contributed by atoms with van der Waals surface area (Å²) < 4.78 is 1.45. The highest BCUT2D eigenvalue weighted by Crippen LogP contribution is 2.48. The van der Waals surface area contributed by atoms with Crippen molar-refractivity contribution < 1.29 is 4.79 Å². The molecule has 1 aromatic heterocycles. The zero-order chi connectivity index (χ0) is 16.6. The molecular formula is C18H17N3O2. The maximum absolute atomic E-state index is 12.4. The fourth-order valence-electron chi connectivity index (χ4n) is 2.78. The van der Waals surface area contributed by atoms with Crippen molar-refractivity contribution in [3.63, 3.8) is 0 Å². The molecule has 2 aromatic rings. The third-order valence-corrected chi connectivity index (χ3v) is 4.30. The summed E-state index contributed by atoms with van der Waals surface area (Å²) in [5.41, 5.74) is 2.49. The molecule has 0 unspecified atom stereocenters. The molecule has 3 rings (SSSR count). The topological polar surface area (TPSA) is 74.9 Å². The molecule has 1 heterocycles. The van der Waals surface area contributed by atoms with Gasteiger partial charge in [-0.3, -0.25) is 9.59 Å². The lowest BCUT2D eigenvalue weighted by Crippen LogP contribution is -2.26. The number of nitriles is 1. The highest BCUT2D eigenvalue weighted by atomic mass is 16.2. The van der Waals surface area contributed by atoms with Crippen LogP contribution in [0.1, 0.15) is 29.0 Å². The van der Waals surface area contributed by atoms with Crippen molar-refractivity contribution in [3.05, 3.63) is 63.6 Å². The van der Waals surface area contributed by atoms with Crippen LogP contribution in [0.2, 0.25) is 0 Å². The first kappa shape index (κ1) is 15.0. The van der Waals surface area contributed by atoms with Crippen molar-refractivity contribution >= 4 is 11.6 Å². The van der Waals surface area contributed by atoms with Gasteiger partial charge in [-0.2, -0.15) is 5.26 Å². The summed E-state index contributed by atoms with van der Waals surface area (Å²) >= 11 is 0. The molecule has 1 aliphatic rings. The Morgan fingerprint density at radius 3 is 2.91 bits per heavy atom. The zero-order valence-electron chi connectivity index (χ0n) is 13.0. The SMILES string of the molecule is Cc1ccn(C)c(=O)c1NC(=O)[C@@H]1C[C@H]1c1cccc(C#N)c1. The Hall–Kier alpha value is -2.87. The van der Waals surface area contributed by atoms with Gasteiger partial charge in [-0.15, -0.1) is 0 Å². The number of hydrogen-bond donors (Lipinski definition) is 1. The summed E-state index contributed by atoms with van der Waals surface area (Å²) in [5, 5.41) is 11.7. The zero-order valence-corrected chi connectivity index (χ0v) is 13.0. The summed E-state index contributed by atoms with van der Waals surface area (Å²) in [5.74, 6) is -0.159. The maximum Gasteiger partial charge on any atom is 0.274 e. The Morgan fingerprint density at radius 1 is 1.39 bits per heavy atom. The standard InChI is InChI=1S/C18H17N3O2/c1-11-6-7-21(2)18(23)16(11)20-17(22)15-9-14(15)13-5-3-4-12(8-13)10-19/h3-8,14-15H,9H2,1-2H3,(H,20,22)/t14-,15+/m0/s1. The molecule has 5 nitrogen and oxygen atoms in total. The van der Waals surface area contributed by atoms with Crippen LogP contribution in [-0.2, 0) is 11.8 Å². The van der Waals surface area contributed by atoms with Gasteiger partial charge < -0.3 is 9.88 Å². The van der Waals surface area contributed by atoms with Crippen molar-refractivity contribution in [2.75, 3.05) is 5.32 Å². The van der Waals surface area contributed by atoms with Crippen LogP contribution in [0.25, 0.3) is 0 Å². The number of rotatable bonds is 3. The summed E-state index contributed by atoms with van der Waals surface area (Å²) in [6.45, 7) is 1.80. The van der Waals surface area contributed by atoms with E-state index in [1.165, 1.54) is 4.57 Å². The first-order valence-corrected chi connectivity index (χ1v) is 7.48. The average Bonchev–Trinajstić information content (AvgIpc) is 3.36. The van der Waals surface area contributed by atoms with E-state index in [-0.39, 0.29) is 23.3 Å². The third kappa shape index (κ3) is 2.88. The fourth-order valence-corrected chi connectivity index (χ4v) is 2.78. The Bertz CT molecular complexity index is 877. The Balaban J connectivity index is 1.76. The number of anilines is 1. The van der Waals surface area contributed by atoms with Crippen molar-refractivity contribution in [1.29, 1.82) is 5.26 Å². The molecular weight excluding hydrogens is 290 g/mol. The van der Waals surface area contributed by atoms with Gasteiger partial charge in [0.05, 0.1) is 11.6 Å². The number of nitrogens with one attached hydrogen (secondary N) is 1. The van der Waals surface area contributed by atoms with Gasteiger partial charge in [-0.25, -0.2) is 0 Å². The van der Waals surface area contributed by atoms with Crippen LogP contribution in [0, 0.1) is 24.2 Å². The van der Waals surface area contributed by atoms with Crippen LogP contribution >= 0.6 is 0 Å². The van der Waals surface area contributed by atoms with E-state index in [0.717, 1.165) is 17.5 Å². The lowest BCUT2D eigenvalue weighted by Gasteiger charge is -2.09. The monoisotopic (exact) mass is 307 g/mol. The van der Waals surface area contributed by atoms with Gasteiger partial charge in [-0.1, -0.05) is 12.1 Å². The fraction of sp³-hybridized carbons (Fsp3) is 0.278. The van der Waals surface area contributed by atoms with Crippen molar-refractivity contribution in [2.24, 2.45) is 13.0 Å². The van der Waals surface area contributed by atoms with E-state index in [0.29, 0.717) is 11.3 Å². The average molecular weight is 307 g/mol. The first-order chi connectivity index (χ1) is 11.0. The summed E-state index contributed by atoms with van der Waals surface area (Å²) in [6, 6.07) is 11.3. The van der Waals surface area contributed by atoms with Crippen LogP contribution < -0.4 is 10.9 Å². The molecule has 1 fully saturated rings. The van der Waals surface area contributed by atoms with Crippen molar-refractivity contribution in [3.8, 4) is 6.07 Å². The van der Waals surface area contributed by atoms with Gasteiger partial charge in [0.25, 0.3) is 5.56 Å². The van der Waals surface area contributed by atoms with Gasteiger partial charge >= 0.3 is 0 Å². The summed E-state index contributed by atoms with van der Waals surface area (Å²) in [6.07, 6.45) is 2.42. The van der Waals surface area contributed by atoms with Crippen LogP contribution in [0.3, 0.4) is 0 Å². The second kappa shape index (κ2) is 5.73. The number of aryl methyl sites for hydroxylation is 2. The lowest BCUT2D eigenvalue weighted by atomic mass is 10.1. The Kier molecular flexibility index (Phi) is 3.75. The van der Waals surface area contributed by atoms with E-state index in [4.69, 9.17) is 5.26 Å². The minimum atomic E-state index is -0.206. The minimum absolute atomic E-state index is 0.121. The van der Waals surface area contributed by atoms with Crippen LogP contribution in [0.4, 0.5) is 5.69 Å². The highest BCUT2D eigenvalue weighted by molar-refractivity contribution is 5.95. The van der Waals surface area contributed by atoms with Crippen molar-refractivity contribution in [2.45, 2.75) is 19.3 Å². The third-order valence-electron chi connectivity index (χ3n) is 4.30. The Morgan fingerprint density at radius 2 is 2.17 bits per heavy atom. The number of amides is 1. The predicted octanol–water partition coefficient (Wildman–Crippen LogP) is 2.31. The molecule has 5 heteroatoms. The lowest BCUT2D eigenvalue weighted by molar-refractivity contribution is -0.117. The molecule has 1 amide bonds. The largest absolute Gasteiger partial charge is 0.321 e. The number of nitrogens with zero attached hydrogens (tertiary/aromatic N) is 2. The second-order valence-electron chi connectivity index (χ2n) is 5.97. The first-order valence-electron chi connectivity index (χ1n) is 7.48. The van der Waals surface area contributed by atoms with Gasteiger partial charge in [0.1, 0.15) is 5.69 Å². The summed E-state index contributed by atoms with van der Waals surface area (Å²) in [4.78, 5) is 24.5. The molecule has 116 valence electrons. The van der Waals surface area contributed by atoms with Gasteiger partial charge in [0.2, 0.25) is 5.91 Å². The molecule has 1 aromatic carbocycles. The molecule has 0 saturated heterocycles. The molecule has 0 aliphatic heterocycles. The van der Waals surface area contributed by atoms with E-state index in [1.807, 2.05) is 18.2 Å². The van der Waals surface area contributed by atoms with Gasteiger partial charge in [0.15, 0.2) is 0 Å².